The average molecular weight is 306 g/mol. The summed E-state index contributed by atoms with van der Waals surface area (Å²) < 4.78 is 6.00. The van der Waals surface area contributed by atoms with Crippen LogP contribution in [-0.4, -0.2) is 30.0 Å². The molecule has 1 unspecified atom stereocenters. The minimum Gasteiger partial charge on any atom is -0.457 e. The number of hydrogen-bond acceptors (Lipinski definition) is 2. The Labute approximate surface area is 136 Å². The summed E-state index contributed by atoms with van der Waals surface area (Å²) in [7, 11) is 4.35. The van der Waals surface area contributed by atoms with Gasteiger partial charge in [0.25, 0.3) is 0 Å². The molecule has 1 N–H and O–H groups in total. The lowest BCUT2D eigenvalue weighted by Crippen LogP contribution is -2.33. The summed E-state index contributed by atoms with van der Waals surface area (Å²) in [6, 6.07) is 16.9. The van der Waals surface area contributed by atoms with Crippen LogP contribution in [0.1, 0.15) is 17.7 Å². The fourth-order valence-electron chi connectivity index (χ4n) is 3.51. The minimum atomic E-state index is 0.625. The van der Waals surface area contributed by atoms with Gasteiger partial charge in [-0.2, -0.15) is 0 Å². The second kappa shape index (κ2) is 5.74. The molecule has 0 fully saturated rings. The molecule has 1 aliphatic rings. The maximum atomic E-state index is 6.00. The Bertz CT molecular complexity index is 820. The van der Waals surface area contributed by atoms with Crippen LogP contribution < -0.4 is 4.74 Å². The number of likely N-dealkylation sites (N-methyl/N-ethyl adjacent to an activating group) is 1. The molecule has 0 saturated heterocycles. The van der Waals surface area contributed by atoms with Gasteiger partial charge >= 0.3 is 0 Å². The molecule has 23 heavy (non-hydrogen) atoms. The third-order valence-corrected chi connectivity index (χ3v) is 4.84. The molecule has 4 rings (SSSR count). The molecular weight excluding hydrogens is 284 g/mol. The van der Waals surface area contributed by atoms with Gasteiger partial charge in [-0.15, -0.1) is 0 Å². The maximum Gasteiger partial charge on any atom is 0.128 e. The number of para-hydroxylation sites is 1. The van der Waals surface area contributed by atoms with Crippen LogP contribution in [0.2, 0.25) is 0 Å². The predicted molar refractivity (Wildman–Crippen MR) is 94.3 cm³/mol. The van der Waals surface area contributed by atoms with E-state index in [0.717, 1.165) is 24.3 Å². The molecule has 2 aromatic carbocycles. The number of aromatic nitrogens is 1. The van der Waals surface area contributed by atoms with Crippen LogP contribution in [0.4, 0.5) is 0 Å². The van der Waals surface area contributed by atoms with Gasteiger partial charge in [0.2, 0.25) is 0 Å². The summed E-state index contributed by atoms with van der Waals surface area (Å²) in [6.45, 7) is 0. The molecule has 0 aliphatic heterocycles. The molecule has 0 amide bonds. The topological polar surface area (TPSA) is 28.3 Å². The Morgan fingerprint density at radius 1 is 1.04 bits per heavy atom. The molecule has 3 nitrogen and oxygen atoms in total. The van der Waals surface area contributed by atoms with Crippen molar-refractivity contribution in [3.05, 3.63) is 59.8 Å². The molecule has 0 bridgehead atoms. The van der Waals surface area contributed by atoms with Gasteiger partial charge in [-0.3, -0.25) is 0 Å². The number of hydrogen-bond donors (Lipinski definition) is 1. The zero-order chi connectivity index (χ0) is 15.8. The van der Waals surface area contributed by atoms with Crippen LogP contribution in [0.25, 0.3) is 10.9 Å². The van der Waals surface area contributed by atoms with E-state index in [1.54, 1.807) is 0 Å². The zero-order valence-corrected chi connectivity index (χ0v) is 13.7. The number of benzene rings is 2. The lowest BCUT2D eigenvalue weighted by Gasteiger charge is -2.28. The van der Waals surface area contributed by atoms with Gasteiger partial charge in [0.15, 0.2) is 0 Å². The quantitative estimate of drug-likeness (QED) is 0.778. The van der Waals surface area contributed by atoms with Gasteiger partial charge in [-0.1, -0.05) is 18.2 Å². The van der Waals surface area contributed by atoms with E-state index in [1.165, 1.54) is 28.6 Å². The number of aryl methyl sites for hydroxylation is 1. The fourth-order valence-corrected chi connectivity index (χ4v) is 3.51. The molecule has 1 aliphatic carbocycles. The molecule has 1 heterocycles. The van der Waals surface area contributed by atoms with Crippen LogP contribution >= 0.6 is 0 Å². The molecule has 3 heteroatoms. The van der Waals surface area contributed by atoms with Gasteiger partial charge in [-0.25, -0.2) is 0 Å². The van der Waals surface area contributed by atoms with E-state index in [4.69, 9.17) is 4.74 Å². The summed E-state index contributed by atoms with van der Waals surface area (Å²) in [5, 5.41) is 1.31. The molecule has 118 valence electrons. The second-order valence-corrected chi connectivity index (χ2v) is 6.56. The summed E-state index contributed by atoms with van der Waals surface area (Å²) in [5.41, 5.74) is 4.08. The highest BCUT2D eigenvalue weighted by Crippen LogP contribution is 2.33. The minimum absolute atomic E-state index is 0.625. The van der Waals surface area contributed by atoms with E-state index in [-0.39, 0.29) is 0 Å². The summed E-state index contributed by atoms with van der Waals surface area (Å²) >= 11 is 0. The molecule has 3 aromatic rings. The van der Waals surface area contributed by atoms with Crippen molar-refractivity contribution in [2.45, 2.75) is 25.3 Å². The number of aromatic amines is 1. The van der Waals surface area contributed by atoms with Crippen LogP contribution in [0.3, 0.4) is 0 Å². The SMILES string of the molecule is CN(C)C1CCc2[nH]c3ccc(Oc4ccccc4)cc3c2C1. The Hall–Kier alpha value is -2.26. The van der Waals surface area contributed by atoms with E-state index in [0.29, 0.717) is 6.04 Å². The average Bonchev–Trinajstić information content (AvgIpc) is 2.93. The molecule has 0 spiro atoms. The highest BCUT2D eigenvalue weighted by Gasteiger charge is 2.23. The van der Waals surface area contributed by atoms with Crippen molar-refractivity contribution < 1.29 is 4.74 Å². The Balaban J connectivity index is 1.70. The molecule has 0 radical (unpaired) electrons. The van der Waals surface area contributed by atoms with Gasteiger partial charge in [0, 0.05) is 22.6 Å². The van der Waals surface area contributed by atoms with E-state index < -0.39 is 0 Å². The van der Waals surface area contributed by atoms with Gasteiger partial charge < -0.3 is 14.6 Å². The third kappa shape index (κ3) is 2.73. The standard InChI is InChI=1S/C20H22N2O/c1-22(2)14-8-10-19-17(12-14)18-13-16(9-11-20(18)21-19)23-15-6-4-3-5-7-15/h3-7,9,11,13-14,21H,8,10,12H2,1-2H3. The molecular formula is C20H22N2O. The van der Waals surface area contributed by atoms with E-state index >= 15 is 0 Å². The number of ether oxygens (including phenoxy) is 1. The van der Waals surface area contributed by atoms with Crippen molar-refractivity contribution in [2.24, 2.45) is 0 Å². The first-order valence-corrected chi connectivity index (χ1v) is 8.23. The number of nitrogens with one attached hydrogen (secondary N) is 1. The van der Waals surface area contributed by atoms with Crippen molar-refractivity contribution >= 4 is 10.9 Å². The molecule has 1 aromatic heterocycles. The fraction of sp³-hybridized carbons (Fsp3) is 0.300. The summed E-state index contributed by atoms with van der Waals surface area (Å²) in [4.78, 5) is 5.93. The lowest BCUT2D eigenvalue weighted by atomic mass is 9.91. The Morgan fingerprint density at radius 2 is 1.87 bits per heavy atom. The zero-order valence-electron chi connectivity index (χ0n) is 13.7. The van der Waals surface area contributed by atoms with Crippen molar-refractivity contribution in [1.82, 2.24) is 9.88 Å². The normalized spacial score (nSPS) is 17.4. The second-order valence-electron chi connectivity index (χ2n) is 6.56. The molecule has 1 atom stereocenters. The number of H-pyrrole nitrogens is 1. The van der Waals surface area contributed by atoms with Crippen molar-refractivity contribution in [2.75, 3.05) is 14.1 Å². The van der Waals surface area contributed by atoms with E-state index in [2.05, 4.69) is 36.1 Å². The predicted octanol–water partition coefficient (Wildman–Crippen LogP) is 4.38. The smallest absolute Gasteiger partial charge is 0.128 e. The van der Waals surface area contributed by atoms with Crippen LogP contribution in [-0.2, 0) is 12.8 Å². The van der Waals surface area contributed by atoms with Crippen molar-refractivity contribution in [1.29, 1.82) is 0 Å². The summed E-state index contributed by atoms with van der Waals surface area (Å²) in [5.74, 6) is 1.78. The first-order valence-electron chi connectivity index (χ1n) is 8.23. The number of fused-ring (bicyclic) bond motifs is 3. The number of nitrogens with zero attached hydrogens (tertiary/aromatic N) is 1. The highest BCUT2D eigenvalue weighted by molar-refractivity contribution is 5.86. The van der Waals surface area contributed by atoms with Crippen LogP contribution in [0, 0.1) is 0 Å². The first-order chi connectivity index (χ1) is 11.2. The molecule has 0 saturated carbocycles. The number of rotatable bonds is 3. The van der Waals surface area contributed by atoms with Gasteiger partial charge in [0.05, 0.1) is 0 Å². The van der Waals surface area contributed by atoms with Gasteiger partial charge in [-0.05, 0) is 69.3 Å². The van der Waals surface area contributed by atoms with E-state index in [1.807, 2.05) is 36.4 Å². The highest BCUT2D eigenvalue weighted by atomic mass is 16.5. The third-order valence-electron chi connectivity index (χ3n) is 4.84. The van der Waals surface area contributed by atoms with E-state index in [9.17, 15) is 0 Å². The van der Waals surface area contributed by atoms with Crippen molar-refractivity contribution in [3.8, 4) is 11.5 Å². The van der Waals surface area contributed by atoms with Crippen LogP contribution in [0.5, 0.6) is 11.5 Å². The Kier molecular flexibility index (Phi) is 3.58. The maximum absolute atomic E-state index is 6.00. The lowest BCUT2D eigenvalue weighted by molar-refractivity contribution is 0.268. The summed E-state index contributed by atoms with van der Waals surface area (Å²) in [6.07, 6.45) is 3.46. The van der Waals surface area contributed by atoms with Crippen molar-refractivity contribution in [3.63, 3.8) is 0 Å². The largest absolute Gasteiger partial charge is 0.457 e. The monoisotopic (exact) mass is 306 g/mol. The first kappa shape index (κ1) is 14.3. The van der Waals surface area contributed by atoms with Gasteiger partial charge in [0.1, 0.15) is 11.5 Å². The van der Waals surface area contributed by atoms with Crippen LogP contribution in [0.15, 0.2) is 48.5 Å². The Morgan fingerprint density at radius 3 is 2.65 bits per heavy atom.